The number of thiazole rings is 1. The van der Waals surface area contributed by atoms with Crippen LogP contribution in [-0.4, -0.2) is 10.9 Å². The zero-order valence-electron chi connectivity index (χ0n) is 11.0. The molecule has 0 spiro atoms. The molecule has 2 rings (SSSR count). The molecule has 19 heavy (non-hydrogen) atoms. The maximum absolute atomic E-state index is 12.3. The second-order valence-corrected chi connectivity index (χ2v) is 5.27. The van der Waals surface area contributed by atoms with Gasteiger partial charge in [0.25, 0.3) is 5.91 Å². The molecule has 100 valence electrons. The highest BCUT2D eigenvalue weighted by Crippen LogP contribution is 2.21. The van der Waals surface area contributed by atoms with Gasteiger partial charge in [-0.25, -0.2) is 4.98 Å². The summed E-state index contributed by atoms with van der Waals surface area (Å²) in [7, 11) is 0. The Morgan fingerprint density at radius 1 is 1.53 bits per heavy atom. The van der Waals surface area contributed by atoms with E-state index in [4.69, 9.17) is 5.73 Å². The molecule has 0 fully saturated rings. The van der Waals surface area contributed by atoms with Gasteiger partial charge in [-0.1, -0.05) is 19.1 Å². The fraction of sp³-hybridized carbons (Fsp3) is 0.286. The molecule has 3 N–H and O–H groups in total. The Labute approximate surface area is 116 Å². The molecule has 1 atom stereocenters. The van der Waals surface area contributed by atoms with Crippen molar-refractivity contribution < 1.29 is 4.79 Å². The van der Waals surface area contributed by atoms with Crippen LogP contribution in [0.4, 0.5) is 5.69 Å². The Balaban J connectivity index is 2.21. The summed E-state index contributed by atoms with van der Waals surface area (Å²) in [4.78, 5) is 16.6. The van der Waals surface area contributed by atoms with Crippen molar-refractivity contribution in [3.63, 3.8) is 0 Å². The molecule has 0 aliphatic rings. The molecular formula is C14H17N3OS. The first-order chi connectivity index (χ1) is 9.13. The molecule has 0 aliphatic carbocycles. The largest absolute Gasteiger partial charge is 0.398 e. The first kappa shape index (κ1) is 13.5. The Morgan fingerprint density at radius 3 is 2.89 bits per heavy atom. The van der Waals surface area contributed by atoms with Gasteiger partial charge in [-0.3, -0.25) is 4.79 Å². The summed E-state index contributed by atoms with van der Waals surface area (Å²) in [5, 5.41) is 5.82. The SMILES string of the molecule is CCC(NC(=O)c1c(C)cccc1N)c1nccs1. The highest BCUT2D eigenvalue weighted by molar-refractivity contribution is 7.09. The number of hydrogen-bond donors (Lipinski definition) is 2. The van der Waals surface area contributed by atoms with Crippen LogP contribution >= 0.6 is 11.3 Å². The van der Waals surface area contributed by atoms with Gasteiger partial charge in [-0.15, -0.1) is 11.3 Å². The Kier molecular flexibility index (Phi) is 4.16. The third kappa shape index (κ3) is 2.93. The zero-order valence-corrected chi connectivity index (χ0v) is 11.8. The van der Waals surface area contributed by atoms with E-state index in [1.165, 1.54) is 0 Å². The molecule has 1 aromatic carbocycles. The highest BCUT2D eigenvalue weighted by atomic mass is 32.1. The van der Waals surface area contributed by atoms with Gasteiger partial charge in [0.2, 0.25) is 0 Å². The van der Waals surface area contributed by atoms with Gasteiger partial charge in [0.15, 0.2) is 0 Å². The van der Waals surface area contributed by atoms with Crippen molar-refractivity contribution in [1.29, 1.82) is 0 Å². The lowest BCUT2D eigenvalue weighted by molar-refractivity contribution is 0.0936. The molecular weight excluding hydrogens is 258 g/mol. The lowest BCUT2D eigenvalue weighted by Gasteiger charge is -2.16. The van der Waals surface area contributed by atoms with Crippen LogP contribution in [-0.2, 0) is 0 Å². The lowest BCUT2D eigenvalue weighted by Crippen LogP contribution is -2.29. The van der Waals surface area contributed by atoms with Crippen LogP contribution in [0.2, 0.25) is 0 Å². The number of carbonyl (C=O) groups excluding carboxylic acids is 1. The molecule has 0 aliphatic heterocycles. The van der Waals surface area contributed by atoms with Crippen molar-refractivity contribution in [1.82, 2.24) is 10.3 Å². The standard InChI is InChI=1S/C14H17N3OS/c1-3-11(14-16-7-8-19-14)17-13(18)12-9(2)5-4-6-10(12)15/h4-8,11H,3,15H2,1-2H3,(H,17,18). The van der Waals surface area contributed by atoms with Gasteiger partial charge in [0.05, 0.1) is 11.6 Å². The number of anilines is 1. The van der Waals surface area contributed by atoms with E-state index in [0.717, 1.165) is 17.0 Å². The van der Waals surface area contributed by atoms with Crippen LogP contribution in [0, 0.1) is 6.92 Å². The first-order valence-corrected chi connectivity index (χ1v) is 7.06. The molecule has 2 aromatic rings. The van der Waals surface area contributed by atoms with Gasteiger partial charge >= 0.3 is 0 Å². The minimum absolute atomic E-state index is 0.0634. The molecule has 4 nitrogen and oxygen atoms in total. The lowest BCUT2D eigenvalue weighted by atomic mass is 10.1. The molecule has 0 saturated carbocycles. The Bertz CT molecular complexity index is 546. The topological polar surface area (TPSA) is 68.0 Å². The number of aryl methyl sites for hydroxylation is 1. The van der Waals surface area contributed by atoms with Gasteiger partial charge in [0.1, 0.15) is 5.01 Å². The average molecular weight is 275 g/mol. The molecule has 0 radical (unpaired) electrons. The first-order valence-electron chi connectivity index (χ1n) is 6.18. The molecule has 1 aromatic heterocycles. The number of nitrogens with one attached hydrogen (secondary N) is 1. The average Bonchev–Trinajstić information content (AvgIpc) is 2.89. The number of nitrogens with zero attached hydrogens (tertiary/aromatic N) is 1. The fourth-order valence-electron chi connectivity index (χ4n) is 1.98. The number of carbonyl (C=O) groups is 1. The quantitative estimate of drug-likeness (QED) is 0.843. The van der Waals surface area contributed by atoms with Crippen LogP contribution in [0.5, 0.6) is 0 Å². The van der Waals surface area contributed by atoms with Crippen LogP contribution in [0.25, 0.3) is 0 Å². The van der Waals surface area contributed by atoms with E-state index < -0.39 is 0 Å². The summed E-state index contributed by atoms with van der Waals surface area (Å²) in [6.45, 7) is 3.91. The predicted octanol–water partition coefficient (Wildman–Crippen LogP) is 2.91. The molecule has 1 heterocycles. The minimum Gasteiger partial charge on any atom is -0.398 e. The fourth-order valence-corrected chi connectivity index (χ4v) is 2.75. The van der Waals surface area contributed by atoms with Crippen LogP contribution < -0.4 is 11.1 Å². The molecule has 1 unspecified atom stereocenters. The van der Waals surface area contributed by atoms with E-state index in [0.29, 0.717) is 11.3 Å². The van der Waals surface area contributed by atoms with Gasteiger partial charge in [-0.2, -0.15) is 0 Å². The number of aromatic nitrogens is 1. The maximum atomic E-state index is 12.3. The minimum atomic E-state index is -0.141. The van der Waals surface area contributed by atoms with Crippen molar-refractivity contribution in [2.45, 2.75) is 26.3 Å². The smallest absolute Gasteiger partial charge is 0.254 e. The van der Waals surface area contributed by atoms with Crippen molar-refractivity contribution in [2.75, 3.05) is 5.73 Å². The van der Waals surface area contributed by atoms with E-state index in [1.807, 2.05) is 31.4 Å². The normalized spacial score (nSPS) is 12.1. The van der Waals surface area contributed by atoms with Crippen molar-refractivity contribution in [3.05, 3.63) is 45.9 Å². The monoisotopic (exact) mass is 275 g/mol. The number of nitrogens with two attached hydrogens (primary N) is 1. The summed E-state index contributed by atoms with van der Waals surface area (Å²) >= 11 is 1.54. The second kappa shape index (κ2) is 5.84. The van der Waals surface area contributed by atoms with Crippen molar-refractivity contribution >= 4 is 22.9 Å². The summed E-state index contributed by atoms with van der Waals surface area (Å²) in [5.41, 5.74) is 7.82. The van der Waals surface area contributed by atoms with Gasteiger partial charge in [-0.05, 0) is 25.0 Å². The van der Waals surface area contributed by atoms with E-state index in [9.17, 15) is 4.79 Å². The van der Waals surface area contributed by atoms with E-state index in [1.54, 1.807) is 23.6 Å². The third-order valence-electron chi connectivity index (χ3n) is 3.00. The van der Waals surface area contributed by atoms with E-state index in [-0.39, 0.29) is 11.9 Å². The summed E-state index contributed by atoms with van der Waals surface area (Å²) in [6.07, 6.45) is 2.54. The second-order valence-electron chi connectivity index (χ2n) is 4.34. The van der Waals surface area contributed by atoms with Crippen LogP contribution in [0.15, 0.2) is 29.8 Å². The number of amides is 1. The molecule has 0 saturated heterocycles. The van der Waals surface area contributed by atoms with Gasteiger partial charge < -0.3 is 11.1 Å². The van der Waals surface area contributed by atoms with Crippen LogP contribution in [0.3, 0.4) is 0 Å². The summed E-state index contributed by atoms with van der Waals surface area (Å²) in [5.74, 6) is -0.141. The molecule has 5 heteroatoms. The van der Waals surface area contributed by atoms with Gasteiger partial charge in [0, 0.05) is 17.3 Å². The maximum Gasteiger partial charge on any atom is 0.254 e. The molecule has 0 bridgehead atoms. The highest BCUT2D eigenvalue weighted by Gasteiger charge is 2.18. The Hall–Kier alpha value is -1.88. The molecule has 1 amide bonds. The third-order valence-corrected chi connectivity index (χ3v) is 3.88. The predicted molar refractivity (Wildman–Crippen MR) is 78.2 cm³/mol. The van der Waals surface area contributed by atoms with Crippen molar-refractivity contribution in [2.24, 2.45) is 0 Å². The number of hydrogen-bond acceptors (Lipinski definition) is 4. The van der Waals surface area contributed by atoms with Crippen molar-refractivity contribution in [3.8, 4) is 0 Å². The Morgan fingerprint density at radius 2 is 2.32 bits per heavy atom. The number of benzene rings is 1. The van der Waals surface area contributed by atoms with Crippen LogP contribution in [0.1, 0.15) is 40.3 Å². The summed E-state index contributed by atoms with van der Waals surface area (Å²) < 4.78 is 0. The van der Waals surface area contributed by atoms with E-state index >= 15 is 0 Å². The van der Waals surface area contributed by atoms with E-state index in [2.05, 4.69) is 10.3 Å². The number of rotatable bonds is 4. The zero-order chi connectivity index (χ0) is 13.8. The number of nitrogen functional groups attached to an aromatic ring is 1. The summed E-state index contributed by atoms with van der Waals surface area (Å²) in [6, 6.07) is 5.41.